The van der Waals surface area contributed by atoms with E-state index in [-0.39, 0.29) is 0 Å². The van der Waals surface area contributed by atoms with Crippen molar-refractivity contribution in [1.82, 2.24) is 0 Å². The van der Waals surface area contributed by atoms with Crippen molar-refractivity contribution in [3.05, 3.63) is 46.5 Å². The van der Waals surface area contributed by atoms with Gasteiger partial charge in [0, 0.05) is 10.6 Å². The van der Waals surface area contributed by atoms with Gasteiger partial charge in [-0.3, -0.25) is 4.57 Å². The van der Waals surface area contributed by atoms with E-state index in [1.807, 2.05) is 52.0 Å². The molecule has 1 radical (unpaired) electrons. The van der Waals surface area contributed by atoms with E-state index < -0.39 is 7.80 Å². The molecule has 0 N–H and O–H groups in total. The van der Waals surface area contributed by atoms with Crippen molar-refractivity contribution in [2.75, 3.05) is 14.2 Å². The summed E-state index contributed by atoms with van der Waals surface area (Å²) >= 11 is 0. The van der Waals surface area contributed by atoms with E-state index in [2.05, 4.69) is 0 Å². The first kappa shape index (κ1) is 16.5. The van der Waals surface area contributed by atoms with Gasteiger partial charge in [0.1, 0.15) is 19.3 Å². The Bertz CT molecular complexity index is 628. The highest BCUT2D eigenvalue weighted by Gasteiger charge is 2.15. The van der Waals surface area contributed by atoms with Gasteiger partial charge in [-0.1, -0.05) is 0 Å². The standard InChI is InChI=1S/C18H22O3P/c1-11-7-15(8-12(2)17(11)20-5)22(19)16-9-13(3)18(21-6)14(4)10-16/h7-10H,1-6H3. The van der Waals surface area contributed by atoms with E-state index in [1.54, 1.807) is 14.2 Å². The first-order chi connectivity index (χ1) is 10.4. The van der Waals surface area contributed by atoms with Gasteiger partial charge >= 0.3 is 0 Å². The molecule has 0 atom stereocenters. The third-order valence-corrected chi connectivity index (χ3v) is 5.22. The van der Waals surface area contributed by atoms with Gasteiger partial charge in [0.25, 0.3) is 0 Å². The smallest absolute Gasteiger partial charge is 0.136 e. The molecule has 0 heterocycles. The lowest BCUT2D eigenvalue weighted by molar-refractivity contribution is 0.408. The molecule has 2 rings (SSSR count). The molecule has 0 aliphatic rings. The second-order valence-corrected chi connectivity index (χ2v) is 7.14. The van der Waals surface area contributed by atoms with Gasteiger partial charge < -0.3 is 9.47 Å². The summed E-state index contributed by atoms with van der Waals surface area (Å²) in [5.74, 6) is 1.71. The lowest BCUT2D eigenvalue weighted by Gasteiger charge is -2.13. The van der Waals surface area contributed by atoms with Crippen molar-refractivity contribution in [2.45, 2.75) is 27.7 Å². The first-order valence-corrected chi connectivity index (χ1v) is 8.42. The number of benzene rings is 2. The summed E-state index contributed by atoms with van der Waals surface area (Å²) in [4.78, 5) is 0. The third-order valence-electron chi connectivity index (χ3n) is 3.77. The molecule has 22 heavy (non-hydrogen) atoms. The SMILES string of the molecule is COc1c(C)cc([P](=O)c2cc(C)c(OC)c(C)c2)cc1C. The number of hydrogen-bond acceptors (Lipinski definition) is 3. The maximum absolute atomic E-state index is 12.9. The predicted molar refractivity (Wildman–Crippen MR) is 91.8 cm³/mol. The van der Waals surface area contributed by atoms with Gasteiger partial charge in [0.15, 0.2) is 0 Å². The Morgan fingerprint density at radius 2 is 0.955 bits per heavy atom. The summed E-state index contributed by atoms with van der Waals surface area (Å²) < 4.78 is 23.7. The molecule has 0 bridgehead atoms. The lowest BCUT2D eigenvalue weighted by Crippen LogP contribution is -2.10. The number of rotatable bonds is 4. The van der Waals surface area contributed by atoms with Gasteiger partial charge in [-0.2, -0.15) is 0 Å². The zero-order valence-corrected chi connectivity index (χ0v) is 14.9. The minimum absolute atomic E-state index is 0.828. The van der Waals surface area contributed by atoms with Crippen LogP contribution < -0.4 is 20.1 Å². The Hall–Kier alpha value is -1.86. The molecule has 0 saturated heterocycles. The molecule has 0 unspecified atom stereocenters. The van der Waals surface area contributed by atoms with Crippen LogP contribution in [0.25, 0.3) is 0 Å². The highest BCUT2D eigenvalue weighted by atomic mass is 31.1. The summed E-state index contributed by atoms with van der Waals surface area (Å²) in [7, 11) is 1.68. The zero-order valence-electron chi connectivity index (χ0n) is 14.0. The van der Waals surface area contributed by atoms with Crippen LogP contribution in [-0.2, 0) is 4.57 Å². The van der Waals surface area contributed by atoms with Crippen LogP contribution in [0.2, 0.25) is 0 Å². The highest BCUT2D eigenvalue weighted by molar-refractivity contribution is 7.61. The van der Waals surface area contributed by atoms with Crippen molar-refractivity contribution in [3.8, 4) is 11.5 Å². The van der Waals surface area contributed by atoms with E-state index in [9.17, 15) is 4.57 Å². The van der Waals surface area contributed by atoms with E-state index in [0.717, 1.165) is 44.4 Å². The van der Waals surface area contributed by atoms with Crippen LogP contribution in [0.5, 0.6) is 11.5 Å². The fourth-order valence-corrected chi connectivity index (χ4v) is 4.42. The minimum Gasteiger partial charge on any atom is -0.496 e. The molecule has 0 saturated carbocycles. The van der Waals surface area contributed by atoms with Gasteiger partial charge in [-0.15, -0.1) is 0 Å². The van der Waals surface area contributed by atoms with Crippen molar-refractivity contribution in [1.29, 1.82) is 0 Å². The summed E-state index contributed by atoms with van der Waals surface area (Å²) in [5.41, 5.74) is 4.01. The van der Waals surface area contributed by atoms with Crippen molar-refractivity contribution in [2.24, 2.45) is 0 Å². The number of hydrogen-bond donors (Lipinski definition) is 0. The lowest BCUT2D eigenvalue weighted by atomic mass is 10.1. The number of aryl methyl sites for hydroxylation is 4. The van der Waals surface area contributed by atoms with Crippen molar-refractivity contribution >= 4 is 18.4 Å². The molecule has 0 fully saturated rings. The molecule has 0 amide bonds. The van der Waals surface area contributed by atoms with Crippen LogP contribution in [0.4, 0.5) is 0 Å². The molecule has 3 nitrogen and oxygen atoms in total. The molecule has 0 spiro atoms. The van der Waals surface area contributed by atoms with Gasteiger partial charge in [0.05, 0.1) is 14.2 Å². The van der Waals surface area contributed by atoms with Crippen molar-refractivity contribution < 1.29 is 14.0 Å². The highest BCUT2D eigenvalue weighted by Crippen LogP contribution is 2.30. The Morgan fingerprint density at radius 1 is 0.682 bits per heavy atom. The molecule has 2 aromatic carbocycles. The Balaban J connectivity index is 2.49. The van der Waals surface area contributed by atoms with Gasteiger partial charge in [-0.05, 0) is 74.2 Å². The molecule has 0 aliphatic heterocycles. The maximum Gasteiger partial charge on any atom is 0.136 e. The fourth-order valence-electron chi connectivity index (χ4n) is 2.88. The average Bonchev–Trinajstić information content (AvgIpc) is 2.45. The van der Waals surface area contributed by atoms with E-state index in [4.69, 9.17) is 9.47 Å². The summed E-state index contributed by atoms with van der Waals surface area (Å²) in [5, 5.41) is 1.66. The predicted octanol–water partition coefficient (Wildman–Crippen LogP) is 3.72. The van der Waals surface area contributed by atoms with Crippen LogP contribution in [0.15, 0.2) is 24.3 Å². The van der Waals surface area contributed by atoms with Crippen LogP contribution in [0.3, 0.4) is 0 Å². The summed E-state index contributed by atoms with van der Waals surface area (Å²) in [6.07, 6.45) is 0. The molecule has 0 aromatic heterocycles. The largest absolute Gasteiger partial charge is 0.496 e. The summed E-state index contributed by atoms with van der Waals surface area (Å²) in [6, 6.07) is 7.78. The second-order valence-electron chi connectivity index (χ2n) is 5.52. The molecule has 117 valence electrons. The number of ether oxygens (including phenoxy) is 2. The van der Waals surface area contributed by atoms with Gasteiger partial charge in [-0.25, -0.2) is 0 Å². The zero-order chi connectivity index (χ0) is 16.4. The van der Waals surface area contributed by atoms with Gasteiger partial charge in [0.2, 0.25) is 0 Å². The second kappa shape index (κ2) is 6.50. The third kappa shape index (κ3) is 3.00. The Labute approximate surface area is 133 Å². The van der Waals surface area contributed by atoms with Crippen LogP contribution in [-0.4, -0.2) is 14.2 Å². The molecule has 0 aliphatic carbocycles. The fraction of sp³-hybridized carbons (Fsp3) is 0.333. The van der Waals surface area contributed by atoms with Crippen LogP contribution in [0.1, 0.15) is 22.3 Å². The maximum atomic E-state index is 12.9. The molecule has 4 heteroatoms. The molecular formula is C18H22O3P. The normalized spacial score (nSPS) is 10.5. The van der Waals surface area contributed by atoms with E-state index >= 15 is 0 Å². The van der Waals surface area contributed by atoms with Crippen LogP contribution in [0, 0.1) is 27.7 Å². The Morgan fingerprint density at radius 3 is 1.18 bits per heavy atom. The monoisotopic (exact) mass is 317 g/mol. The average molecular weight is 317 g/mol. The number of methoxy groups -OCH3 is 2. The van der Waals surface area contributed by atoms with Crippen LogP contribution >= 0.6 is 7.80 Å². The first-order valence-electron chi connectivity index (χ1n) is 7.16. The van der Waals surface area contributed by atoms with Crippen molar-refractivity contribution in [3.63, 3.8) is 0 Å². The van der Waals surface area contributed by atoms with E-state index in [1.165, 1.54) is 0 Å². The Kier molecular flexibility index (Phi) is 4.87. The molecular weight excluding hydrogens is 295 g/mol. The summed E-state index contributed by atoms with van der Waals surface area (Å²) in [6.45, 7) is 7.90. The topological polar surface area (TPSA) is 35.5 Å². The molecule has 2 aromatic rings. The minimum atomic E-state index is -1.63. The quantitative estimate of drug-likeness (QED) is 0.806. The van der Waals surface area contributed by atoms with E-state index in [0.29, 0.717) is 0 Å².